The molecule has 2 rings (SSSR count). The predicted molar refractivity (Wildman–Crippen MR) is 87.6 cm³/mol. The van der Waals surface area contributed by atoms with Crippen LogP contribution in [0, 0.1) is 0 Å². The number of benzene rings is 2. The lowest BCUT2D eigenvalue weighted by molar-refractivity contribution is 0.304. The van der Waals surface area contributed by atoms with E-state index in [-0.39, 0.29) is 0 Å². The van der Waals surface area contributed by atoms with Gasteiger partial charge in [0.25, 0.3) is 0 Å². The Balaban J connectivity index is 2.15. The van der Waals surface area contributed by atoms with Crippen molar-refractivity contribution in [3.05, 3.63) is 62.0 Å². The minimum Gasteiger partial charge on any atom is -0.488 e. The fourth-order valence-corrected chi connectivity index (χ4v) is 2.96. The molecule has 0 heterocycles. The van der Waals surface area contributed by atoms with E-state index in [1.807, 2.05) is 24.3 Å². The van der Waals surface area contributed by atoms with Gasteiger partial charge in [-0.05, 0) is 45.8 Å². The van der Waals surface area contributed by atoms with Crippen molar-refractivity contribution in [1.29, 1.82) is 0 Å². The van der Waals surface area contributed by atoms with Crippen molar-refractivity contribution >= 4 is 55.1 Å². The molecule has 0 saturated heterocycles. The van der Waals surface area contributed by atoms with Crippen molar-refractivity contribution < 1.29 is 4.74 Å². The van der Waals surface area contributed by atoms with Crippen LogP contribution in [0.2, 0.25) is 10.0 Å². The van der Waals surface area contributed by atoms with Crippen LogP contribution in [0.4, 0.5) is 0 Å². The van der Waals surface area contributed by atoms with Crippen LogP contribution in [0.3, 0.4) is 0 Å². The third-order valence-corrected chi connectivity index (χ3v) is 4.56. The molecule has 2 aromatic carbocycles. The molecular formula is C14H10Br2Cl2O. The van der Waals surface area contributed by atoms with Crippen LogP contribution in [0.15, 0.2) is 40.9 Å². The van der Waals surface area contributed by atoms with E-state index in [1.165, 1.54) is 5.56 Å². The largest absolute Gasteiger partial charge is 0.488 e. The van der Waals surface area contributed by atoms with Gasteiger partial charge >= 0.3 is 0 Å². The molecule has 0 N–H and O–H groups in total. The third-order valence-electron chi connectivity index (χ3n) is 2.58. The van der Waals surface area contributed by atoms with E-state index in [0.717, 1.165) is 21.1 Å². The average Bonchev–Trinajstić information content (AvgIpc) is 2.39. The second-order valence-corrected chi connectivity index (χ2v) is 6.12. The first-order chi connectivity index (χ1) is 9.11. The van der Waals surface area contributed by atoms with Gasteiger partial charge in [0, 0.05) is 20.9 Å². The highest BCUT2D eigenvalue weighted by Crippen LogP contribution is 2.30. The summed E-state index contributed by atoms with van der Waals surface area (Å²) in [7, 11) is 0. The number of hydrogen-bond donors (Lipinski definition) is 0. The van der Waals surface area contributed by atoms with Gasteiger partial charge in [0.15, 0.2) is 0 Å². The van der Waals surface area contributed by atoms with Crippen LogP contribution >= 0.6 is 55.1 Å². The molecule has 2 aromatic rings. The molecule has 19 heavy (non-hydrogen) atoms. The van der Waals surface area contributed by atoms with Crippen molar-refractivity contribution in [3.8, 4) is 5.75 Å². The van der Waals surface area contributed by atoms with Crippen LogP contribution in [0.25, 0.3) is 0 Å². The van der Waals surface area contributed by atoms with Gasteiger partial charge in [0.05, 0.1) is 4.47 Å². The zero-order chi connectivity index (χ0) is 13.8. The van der Waals surface area contributed by atoms with Crippen LogP contribution in [-0.2, 0) is 11.9 Å². The Morgan fingerprint density at radius 1 is 1.05 bits per heavy atom. The zero-order valence-electron chi connectivity index (χ0n) is 9.80. The van der Waals surface area contributed by atoms with Crippen LogP contribution in [-0.4, -0.2) is 0 Å². The zero-order valence-corrected chi connectivity index (χ0v) is 14.5. The lowest BCUT2D eigenvalue weighted by atomic mass is 10.2. The molecule has 0 aliphatic heterocycles. The van der Waals surface area contributed by atoms with Gasteiger partial charge in [0.2, 0.25) is 0 Å². The lowest BCUT2D eigenvalue weighted by Gasteiger charge is -2.11. The summed E-state index contributed by atoms with van der Waals surface area (Å²) in [5.74, 6) is 0.765. The number of hydrogen-bond acceptors (Lipinski definition) is 1. The molecule has 0 saturated carbocycles. The van der Waals surface area contributed by atoms with Crippen LogP contribution in [0.1, 0.15) is 11.1 Å². The molecule has 0 bridgehead atoms. The van der Waals surface area contributed by atoms with Gasteiger partial charge in [-0.25, -0.2) is 0 Å². The highest BCUT2D eigenvalue weighted by Gasteiger charge is 2.08. The summed E-state index contributed by atoms with van der Waals surface area (Å²) >= 11 is 19.1. The molecular weight excluding hydrogens is 415 g/mol. The Bertz CT molecular complexity index is 567. The summed E-state index contributed by atoms with van der Waals surface area (Å²) in [5, 5.41) is 2.03. The second-order valence-electron chi connectivity index (χ2n) is 3.89. The summed E-state index contributed by atoms with van der Waals surface area (Å²) in [4.78, 5) is 0. The minimum absolute atomic E-state index is 0.338. The average molecular weight is 425 g/mol. The first-order valence-corrected chi connectivity index (χ1v) is 8.19. The lowest BCUT2D eigenvalue weighted by Crippen LogP contribution is -1.98. The molecule has 0 aliphatic rings. The monoisotopic (exact) mass is 422 g/mol. The first-order valence-electron chi connectivity index (χ1n) is 5.52. The van der Waals surface area contributed by atoms with Crippen molar-refractivity contribution in [2.75, 3.05) is 0 Å². The molecule has 0 aromatic heterocycles. The van der Waals surface area contributed by atoms with Crippen molar-refractivity contribution in [2.45, 2.75) is 11.9 Å². The first kappa shape index (κ1) is 15.2. The van der Waals surface area contributed by atoms with E-state index < -0.39 is 0 Å². The molecule has 0 atom stereocenters. The molecule has 0 fully saturated rings. The van der Waals surface area contributed by atoms with Crippen LogP contribution in [0.5, 0.6) is 5.75 Å². The predicted octanol–water partition coefficient (Wildman–Crippen LogP) is 6.23. The Hall–Kier alpha value is -0.220. The Kier molecular flexibility index (Phi) is 5.58. The summed E-state index contributed by atoms with van der Waals surface area (Å²) < 4.78 is 6.66. The van der Waals surface area contributed by atoms with Crippen molar-refractivity contribution in [3.63, 3.8) is 0 Å². The fraction of sp³-hybridized carbons (Fsp3) is 0.143. The topological polar surface area (TPSA) is 9.23 Å². The van der Waals surface area contributed by atoms with Gasteiger partial charge in [-0.15, -0.1) is 0 Å². The van der Waals surface area contributed by atoms with E-state index in [0.29, 0.717) is 16.7 Å². The Morgan fingerprint density at radius 3 is 2.32 bits per heavy atom. The summed E-state index contributed by atoms with van der Waals surface area (Å²) in [5.41, 5.74) is 1.97. The van der Waals surface area contributed by atoms with E-state index >= 15 is 0 Å². The number of rotatable bonds is 4. The second kappa shape index (κ2) is 6.98. The fourth-order valence-electron chi connectivity index (χ4n) is 1.56. The standard InChI is InChI=1S/C14H10Br2Cl2O/c15-7-9-4-5-14(11(16)6-9)19-8-10-12(17)2-1-3-13(10)18/h1-6H,7-8H2. The van der Waals surface area contributed by atoms with E-state index in [1.54, 1.807) is 12.1 Å². The van der Waals surface area contributed by atoms with Gasteiger partial charge in [-0.1, -0.05) is 51.3 Å². The van der Waals surface area contributed by atoms with Gasteiger partial charge < -0.3 is 4.74 Å². The van der Waals surface area contributed by atoms with Gasteiger partial charge in [-0.2, -0.15) is 0 Å². The van der Waals surface area contributed by atoms with Crippen LogP contribution < -0.4 is 4.74 Å². The van der Waals surface area contributed by atoms with E-state index in [4.69, 9.17) is 27.9 Å². The maximum atomic E-state index is 6.10. The normalized spacial score (nSPS) is 10.5. The van der Waals surface area contributed by atoms with Crippen molar-refractivity contribution in [2.24, 2.45) is 0 Å². The minimum atomic E-state index is 0.338. The number of ether oxygens (including phenoxy) is 1. The molecule has 0 radical (unpaired) electrons. The highest BCUT2D eigenvalue weighted by atomic mass is 79.9. The van der Waals surface area contributed by atoms with Crippen molar-refractivity contribution in [1.82, 2.24) is 0 Å². The highest BCUT2D eigenvalue weighted by molar-refractivity contribution is 9.10. The maximum absolute atomic E-state index is 6.10. The summed E-state index contributed by atoms with van der Waals surface area (Å²) in [6.07, 6.45) is 0. The Morgan fingerprint density at radius 2 is 1.74 bits per heavy atom. The number of halogens is 4. The molecule has 0 amide bonds. The van der Waals surface area contributed by atoms with E-state index in [9.17, 15) is 0 Å². The third kappa shape index (κ3) is 3.88. The molecule has 0 aliphatic carbocycles. The quantitative estimate of drug-likeness (QED) is 0.528. The molecule has 5 heteroatoms. The number of alkyl halides is 1. The smallest absolute Gasteiger partial charge is 0.134 e. The molecule has 100 valence electrons. The SMILES string of the molecule is Clc1cccc(Cl)c1COc1ccc(CBr)cc1Br. The molecule has 1 nitrogen and oxygen atoms in total. The molecule has 0 unspecified atom stereocenters. The van der Waals surface area contributed by atoms with Gasteiger partial charge in [-0.3, -0.25) is 0 Å². The van der Waals surface area contributed by atoms with E-state index in [2.05, 4.69) is 31.9 Å². The Labute approximate surface area is 139 Å². The van der Waals surface area contributed by atoms with Gasteiger partial charge in [0.1, 0.15) is 12.4 Å². The maximum Gasteiger partial charge on any atom is 0.134 e. The summed E-state index contributed by atoms with van der Waals surface area (Å²) in [6, 6.07) is 11.4. The molecule has 0 spiro atoms. The summed E-state index contributed by atoms with van der Waals surface area (Å²) in [6.45, 7) is 0.338.